The molecular weight excluding hydrogens is 240 g/mol. The lowest BCUT2D eigenvalue weighted by molar-refractivity contribution is -0.139. The Morgan fingerprint density at radius 2 is 2.05 bits per heavy atom. The van der Waals surface area contributed by atoms with Gasteiger partial charge < -0.3 is 10.4 Å². The Balaban J connectivity index is 1.85. The number of β-amino-alcohol motifs (C(OH)–C–C–N with tert-alkyl or cyclic N) is 1. The summed E-state index contributed by atoms with van der Waals surface area (Å²) >= 11 is 0. The average Bonchev–Trinajstić information content (AvgIpc) is 2.36. The second kappa shape index (κ2) is 5.72. The zero-order valence-electron chi connectivity index (χ0n) is 11.6. The molecule has 1 aliphatic heterocycles. The highest BCUT2D eigenvalue weighted by Gasteiger charge is 2.43. The van der Waals surface area contributed by atoms with Gasteiger partial charge in [0.1, 0.15) is 0 Å². The van der Waals surface area contributed by atoms with E-state index in [0.29, 0.717) is 13.1 Å². The topological polar surface area (TPSA) is 52.6 Å². The van der Waals surface area contributed by atoms with E-state index in [-0.39, 0.29) is 11.9 Å². The van der Waals surface area contributed by atoms with Crippen LogP contribution in [0.4, 0.5) is 5.69 Å². The molecule has 1 aliphatic rings. The molecule has 104 valence electrons. The number of aliphatic hydroxyl groups is 1. The number of para-hydroxylation sites is 1. The Morgan fingerprint density at radius 3 is 2.63 bits per heavy atom. The molecule has 0 saturated carbocycles. The van der Waals surface area contributed by atoms with Crippen LogP contribution in [0.1, 0.15) is 26.7 Å². The first kappa shape index (κ1) is 14.0. The molecule has 1 atom stereocenters. The molecule has 1 aromatic carbocycles. The quantitative estimate of drug-likeness (QED) is 0.851. The van der Waals surface area contributed by atoms with Crippen molar-refractivity contribution in [3.63, 3.8) is 0 Å². The van der Waals surface area contributed by atoms with Crippen molar-refractivity contribution in [1.82, 2.24) is 4.90 Å². The minimum absolute atomic E-state index is 0.0234. The zero-order chi connectivity index (χ0) is 13.9. The molecule has 19 heavy (non-hydrogen) atoms. The second-order valence-electron chi connectivity index (χ2n) is 5.41. The molecule has 1 heterocycles. The van der Waals surface area contributed by atoms with Crippen molar-refractivity contribution in [2.24, 2.45) is 0 Å². The summed E-state index contributed by atoms with van der Waals surface area (Å²) in [6.45, 7) is 5.12. The van der Waals surface area contributed by atoms with Gasteiger partial charge in [0.05, 0.1) is 11.6 Å². The van der Waals surface area contributed by atoms with Crippen LogP contribution in [0.25, 0.3) is 0 Å². The number of likely N-dealkylation sites (tertiary alicyclic amines) is 1. The van der Waals surface area contributed by atoms with Gasteiger partial charge in [0, 0.05) is 18.8 Å². The fourth-order valence-corrected chi connectivity index (χ4v) is 2.54. The molecular formula is C15H22N2O2. The van der Waals surface area contributed by atoms with E-state index < -0.39 is 5.60 Å². The molecule has 0 aromatic heterocycles. The number of nitrogens with one attached hydrogen (secondary N) is 1. The molecule has 1 aromatic rings. The van der Waals surface area contributed by atoms with Gasteiger partial charge in [-0.05, 0) is 25.5 Å². The van der Waals surface area contributed by atoms with Crippen LogP contribution >= 0.6 is 0 Å². The maximum Gasteiger partial charge on any atom is 0.241 e. The van der Waals surface area contributed by atoms with Crippen molar-refractivity contribution in [1.29, 1.82) is 0 Å². The number of nitrogens with zero attached hydrogens (tertiary/aromatic N) is 1. The molecule has 4 nitrogen and oxygen atoms in total. The van der Waals surface area contributed by atoms with Gasteiger partial charge in [-0.25, -0.2) is 0 Å². The second-order valence-corrected chi connectivity index (χ2v) is 5.41. The van der Waals surface area contributed by atoms with Gasteiger partial charge in [-0.2, -0.15) is 0 Å². The first-order valence-corrected chi connectivity index (χ1v) is 6.86. The summed E-state index contributed by atoms with van der Waals surface area (Å²) in [4.78, 5) is 14.1. The Kier molecular flexibility index (Phi) is 4.22. The lowest BCUT2D eigenvalue weighted by atomic mass is 9.88. The average molecular weight is 262 g/mol. The first-order valence-electron chi connectivity index (χ1n) is 6.86. The number of hydrogen-bond acceptors (Lipinski definition) is 3. The van der Waals surface area contributed by atoms with Crippen LogP contribution in [0.2, 0.25) is 0 Å². The van der Waals surface area contributed by atoms with Crippen LogP contribution in [0.3, 0.4) is 0 Å². The lowest BCUT2D eigenvalue weighted by Gasteiger charge is -2.48. The summed E-state index contributed by atoms with van der Waals surface area (Å²) in [5, 5.41) is 13.0. The van der Waals surface area contributed by atoms with Crippen LogP contribution in [0, 0.1) is 0 Å². The minimum Gasteiger partial charge on any atom is -0.387 e. The van der Waals surface area contributed by atoms with Gasteiger partial charge in [0.25, 0.3) is 0 Å². The molecule has 4 heteroatoms. The van der Waals surface area contributed by atoms with Gasteiger partial charge in [0.15, 0.2) is 0 Å². The van der Waals surface area contributed by atoms with E-state index in [1.807, 2.05) is 42.2 Å². The maximum atomic E-state index is 12.1. The van der Waals surface area contributed by atoms with E-state index in [9.17, 15) is 9.90 Å². The van der Waals surface area contributed by atoms with Gasteiger partial charge in [-0.1, -0.05) is 31.5 Å². The number of carbonyl (C=O) groups excluding carboxylic acids is 1. The van der Waals surface area contributed by atoms with Crippen LogP contribution in [0.5, 0.6) is 0 Å². The lowest BCUT2D eigenvalue weighted by Crippen LogP contribution is -2.65. The molecule has 1 unspecified atom stereocenters. The molecule has 1 fully saturated rings. The third kappa shape index (κ3) is 3.33. The van der Waals surface area contributed by atoms with Gasteiger partial charge >= 0.3 is 0 Å². The minimum atomic E-state index is -0.587. The summed E-state index contributed by atoms with van der Waals surface area (Å²) in [6.07, 6.45) is 1.77. The summed E-state index contributed by atoms with van der Waals surface area (Å²) in [5.41, 5.74) is 0.222. The van der Waals surface area contributed by atoms with E-state index in [4.69, 9.17) is 0 Å². The first-order chi connectivity index (χ1) is 9.04. The number of anilines is 1. The van der Waals surface area contributed by atoms with Gasteiger partial charge in [-0.3, -0.25) is 9.69 Å². The monoisotopic (exact) mass is 262 g/mol. The van der Waals surface area contributed by atoms with Crippen molar-refractivity contribution < 1.29 is 9.90 Å². The highest BCUT2D eigenvalue weighted by atomic mass is 16.3. The van der Waals surface area contributed by atoms with Crippen molar-refractivity contribution in [3.05, 3.63) is 30.3 Å². The summed E-state index contributed by atoms with van der Waals surface area (Å²) < 4.78 is 0. The molecule has 0 bridgehead atoms. The van der Waals surface area contributed by atoms with E-state index in [0.717, 1.165) is 18.5 Å². The largest absolute Gasteiger partial charge is 0.387 e. The zero-order valence-corrected chi connectivity index (χ0v) is 11.6. The summed E-state index contributed by atoms with van der Waals surface area (Å²) in [7, 11) is 0. The smallest absolute Gasteiger partial charge is 0.241 e. The molecule has 2 rings (SSSR count). The number of rotatable bonds is 5. The highest BCUT2D eigenvalue weighted by molar-refractivity contribution is 5.94. The Labute approximate surface area is 114 Å². The number of carbonyl (C=O) groups is 1. The Hall–Kier alpha value is -1.39. The fraction of sp³-hybridized carbons (Fsp3) is 0.533. The third-order valence-corrected chi connectivity index (χ3v) is 3.68. The predicted octanol–water partition coefficient (Wildman–Crippen LogP) is 1.86. The Bertz CT molecular complexity index is 427. The molecule has 2 N–H and O–H groups in total. The summed E-state index contributed by atoms with van der Waals surface area (Å²) in [5.74, 6) is -0.0234. The fourth-order valence-electron chi connectivity index (χ4n) is 2.54. The molecule has 1 amide bonds. The van der Waals surface area contributed by atoms with Crippen molar-refractivity contribution in [2.75, 3.05) is 18.4 Å². The number of hydrogen-bond donors (Lipinski definition) is 2. The normalized spacial score (nSPS) is 19.5. The van der Waals surface area contributed by atoms with Crippen LogP contribution in [0.15, 0.2) is 30.3 Å². The molecule has 1 saturated heterocycles. The number of amides is 1. The van der Waals surface area contributed by atoms with Gasteiger partial charge in [-0.15, -0.1) is 0 Å². The number of benzene rings is 1. The molecule has 0 spiro atoms. The highest BCUT2D eigenvalue weighted by Crippen LogP contribution is 2.27. The Morgan fingerprint density at radius 1 is 1.42 bits per heavy atom. The van der Waals surface area contributed by atoms with Crippen molar-refractivity contribution in [2.45, 2.75) is 38.3 Å². The van der Waals surface area contributed by atoms with E-state index in [1.54, 1.807) is 0 Å². The van der Waals surface area contributed by atoms with Crippen LogP contribution in [-0.2, 0) is 4.79 Å². The van der Waals surface area contributed by atoms with E-state index in [1.165, 1.54) is 0 Å². The maximum absolute atomic E-state index is 12.1. The standard InChI is InChI=1S/C15H22N2O2/c1-3-9-15(19)10-17(11-15)12(2)14(18)16-13-7-5-4-6-8-13/h4-8,12,19H,3,9-11H2,1-2H3,(H,16,18). The van der Waals surface area contributed by atoms with Crippen LogP contribution in [-0.4, -0.2) is 40.6 Å². The van der Waals surface area contributed by atoms with Crippen LogP contribution < -0.4 is 5.32 Å². The molecule has 0 aliphatic carbocycles. The predicted molar refractivity (Wildman–Crippen MR) is 76.0 cm³/mol. The van der Waals surface area contributed by atoms with Crippen molar-refractivity contribution >= 4 is 11.6 Å². The van der Waals surface area contributed by atoms with Gasteiger partial charge in [0.2, 0.25) is 5.91 Å². The van der Waals surface area contributed by atoms with E-state index in [2.05, 4.69) is 12.2 Å². The van der Waals surface area contributed by atoms with Crippen molar-refractivity contribution in [3.8, 4) is 0 Å². The summed E-state index contributed by atoms with van der Waals surface area (Å²) in [6, 6.07) is 9.23. The molecule has 0 radical (unpaired) electrons. The van der Waals surface area contributed by atoms with E-state index >= 15 is 0 Å². The third-order valence-electron chi connectivity index (χ3n) is 3.68. The SMILES string of the molecule is CCCC1(O)CN(C(C)C(=O)Nc2ccccc2)C1.